The molecule has 2 aromatic rings. The van der Waals surface area contributed by atoms with Crippen LogP contribution in [0.1, 0.15) is 94.1 Å². The average Bonchev–Trinajstić information content (AvgIpc) is 3.57. The van der Waals surface area contributed by atoms with Gasteiger partial charge in [0.2, 0.25) is 5.91 Å². The molecule has 0 fully saturated rings. The van der Waals surface area contributed by atoms with Gasteiger partial charge in [-0.05, 0) is 37.1 Å². The monoisotopic (exact) mass is 501 g/mol. The number of amides is 3. The Labute approximate surface area is 208 Å². The second-order valence-electron chi connectivity index (χ2n) is 7.96. The highest BCUT2D eigenvalue weighted by molar-refractivity contribution is 5.97. The quantitative estimate of drug-likeness (QED) is 0.233. The van der Waals surface area contributed by atoms with Crippen LogP contribution < -0.4 is 16.0 Å². The van der Waals surface area contributed by atoms with Gasteiger partial charge < -0.3 is 24.8 Å². The predicted molar refractivity (Wildman–Crippen MR) is 128 cm³/mol. The Hall–Kier alpha value is -4.02. The second kappa shape index (κ2) is 14.4. The van der Waals surface area contributed by atoms with Gasteiger partial charge in [-0.2, -0.15) is 0 Å². The molecule has 2 rings (SSSR count). The Morgan fingerprint density at radius 3 is 1.69 bits per heavy atom. The van der Waals surface area contributed by atoms with Gasteiger partial charge in [0.05, 0.1) is 0 Å². The summed E-state index contributed by atoms with van der Waals surface area (Å²) in [6, 6.07) is 5.67. The molecule has 11 nitrogen and oxygen atoms in total. The summed E-state index contributed by atoms with van der Waals surface area (Å²) < 4.78 is 10.6. The number of hydrogen-bond donors (Lipinski definition) is 3. The molecule has 0 aliphatic rings. The number of ketones is 3. The van der Waals surface area contributed by atoms with Gasteiger partial charge in [0, 0.05) is 52.2 Å². The van der Waals surface area contributed by atoms with E-state index < -0.39 is 11.8 Å². The third kappa shape index (κ3) is 8.97. The minimum absolute atomic E-state index is 0.0205. The molecular formula is C25H31N3O8. The van der Waals surface area contributed by atoms with Gasteiger partial charge in [0.1, 0.15) is 5.78 Å². The largest absolute Gasteiger partial charge is 0.448 e. The van der Waals surface area contributed by atoms with Gasteiger partial charge in [-0.15, -0.1) is 0 Å². The minimum Gasteiger partial charge on any atom is -0.448 e. The van der Waals surface area contributed by atoms with Crippen molar-refractivity contribution in [2.75, 3.05) is 20.1 Å². The van der Waals surface area contributed by atoms with Crippen molar-refractivity contribution in [3.63, 3.8) is 0 Å². The highest BCUT2D eigenvalue weighted by Crippen LogP contribution is 2.12. The number of nitrogens with one attached hydrogen (secondary N) is 3. The lowest BCUT2D eigenvalue weighted by molar-refractivity contribution is -0.125. The molecule has 3 amide bonds. The summed E-state index contributed by atoms with van der Waals surface area (Å²) in [6.07, 6.45) is 1.66. The molecule has 36 heavy (non-hydrogen) atoms. The highest BCUT2D eigenvalue weighted by atomic mass is 16.4. The summed E-state index contributed by atoms with van der Waals surface area (Å²) in [5, 5.41) is 7.69. The first kappa shape index (κ1) is 28.2. The van der Waals surface area contributed by atoms with Crippen LogP contribution in [-0.2, 0) is 9.59 Å². The van der Waals surface area contributed by atoms with Crippen molar-refractivity contribution < 1.29 is 37.6 Å². The van der Waals surface area contributed by atoms with Gasteiger partial charge >= 0.3 is 0 Å². The normalized spacial score (nSPS) is 10.5. The SMILES string of the molecule is CCC(=O)c1ccc(C(=O)NCCCC(=O)c2ccc(C(=O)NCCCC(=O)CCC(=O)NC)o2)o1. The van der Waals surface area contributed by atoms with Crippen LogP contribution >= 0.6 is 0 Å². The van der Waals surface area contributed by atoms with Crippen LogP contribution in [0.15, 0.2) is 33.1 Å². The minimum atomic E-state index is -0.501. The average molecular weight is 502 g/mol. The van der Waals surface area contributed by atoms with Crippen LogP contribution in [0, 0.1) is 0 Å². The molecule has 0 bridgehead atoms. The van der Waals surface area contributed by atoms with Crippen molar-refractivity contribution in [2.45, 2.75) is 51.9 Å². The van der Waals surface area contributed by atoms with E-state index in [2.05, 4.69) is 16.0 Å². The molecule has 0 saturated heterocycles. The van der Waals surface area contributed by atoms with Crippen molar-refractivity contribution in [2.24, 2.45) is 0 Å². The van der Waals surface area contributed by atoms with Crippen LogP contribution in [0.5, 0.6) is 0 Å². The van der Waals surface area contributed by atoms with E-state index in [9.17, 15) is 28.8 Å². The Bertz CT molecular complexity index is 1100. The predicted octanol–water partition coefficient (Wildman–Crippen LogP) is 2.46. The lowest BCUT2D eigenvalue weighted by Crippen LogP contribution is -2.25. The maximum absolute atomic E-state index is 12.3. The van der Waals surface area contributed by atoms with E-state index in [1.54, 1.807) is 6.92 Å². The first-order valence-electron chi connectivity index (χ1n) is 11.8. The van der Waals surface area contributed by atoms with Gasteiger partial charge in [0.25, 0.3) is 11.8 Å². The van der Waals surface area contributed by atoms with E-state index in [-0.39, 0.29) is 91.5 Å². The highest BCUT2D eigenvalue weighted by Gasteiger charge is 2.17. The van der Waals surface area contributed by atoms with Crippen LogP contribution in [0.4, 0.5) is 0 Å². The van der Waals surface area contributed by atoms with Crippen LogP contribution in [0.2, 0.25) is 0 Å². The number of rotatable bonds is 16. The number of Topliss-reactive ketones (excluding diaryl/α,β-unsaturated/α-hetero) is 3. The molecule has 2 heterocycles. The summed E-state index contributed by atoms with van der Waals surface area (Å²) in [5.41, 5.74) is 0. The maximum Gasteiger partial charge on any atom is 0.287 e. The van der Waals surface area contributed by atoms with Crippen LogP contribution in [-0.4, -0.2) is 55.2 Å². The van der Waals surface area contributed by atoms with Crippen molar-refractivity contribution in [1.82, 2.24) is 16.0 Å². The standard InChI is InChI=1S/C25H31N3O8/c1-3-17(30)19-9-11-21(35-19)24(33)28-15-5-7-18(31)20-10-12-22(36-20)25(34)27-14-4-6-16(29)8-13-23(32)26-2/h9-12H,3-8,13-15H2,1-2H3,(H,26,32)(H,27,34)(H,28,33). The molecule has 0 aromatic carbocycles. The van der Waals surface area contributed by atoms with Crippen molar-refractivity contribution in [1.29, 1.82) is 0 Å². The fourth-order valence-corrected chi connectivity index (χ4v) is 3.13. The van der Waals surface area contributed by atoms with Crippen LogP contribution in [0.25, 0.3) is 0 Å². The fraction of sp³-hybridized carbons (Fsp3) is 0.440. The van der Waals surface area contributed by atoms with E-state index in [0.29, 0.717) is 12.8 Å². The number of carbonyl (C=O) groups excluding carboxylic acids is 6. The molecule has 0 unspecified atom stereocenters. The molecule has 0 atom stereocenters. The molecule has 0 aliphatic carbocycles. The zero-order chi connectivity index (χ0) is 26.5. The van der Waals surface area contributed by atoms with Gasteiger partial charge in [-0.1, -0.05) is 6.92 Å². The molecule has 11 heteroatoms. The van der Waals surface area contributed by atoms with Gasteiger partial charge in [-0.3, -0.25) is 28.8 Å². The summed E-state index contributed by atoms with van der Waals surface area (Å²) in [7, 11) is 1.51. The Morgan fingerprint density at radius 2 is 1.17 bits per heavy atom. The van der Waals surface area contributed by atoms with Crippen LogP contribution in [0.3, 0.4) is 0 Å². The lowest BCUT2D eigenvalue weighted by atomic mass is 10.1. The van der Waals surface area contributed by atoms with Crippen molar-refractivity contribution in [3.8, 4) is 0 Å². The summed E-state index contributed by atoms with van der Waals surface area (Å²) in [6.45, 7) is 2.15. The summed E-state index contributed by atoms with van der Waals surface area (Å²) in [4.78, 5) is 71.0. The molecule has 0 saturated carbocycles. The zero-order valence-corrected chi connectivity index (χ0v) is 20.4. The number of carbonyl (C=O) groups is 6. The summed E-state index contributed by atoms with van der Waals surface area (Å²) in [5.74, 6) is -1.60. The van der Waals surface area contributed by atoms with E-state index in [4.69, 9.17) is 8.83 Å². The zero-order valence-electron chi connectivity index (χ0n) is 20.4. The van der Waals surface area contributed by atoms with E-state index >= 15 is 0 Å². The topological polar surface area (TPSA) is 165 Å². The first-order chi connectivity index (χ1) is 17.2. The molecule has 2 aromatic heterocycles. The second-order valence-corrected chi connectivity index (χ2v) is 7.96. The van der Waals surface area contributed by atoms with E-state index in [0.717, 1.165) is 0 Å². The number of hydrogen-bond acceptors (Lipinski definition) is 8. The third-order valence-electron chi connectivity index (χ3n) is 5.22. The van der Waals surface area contributed by atoms with E-state index in [1.807, 2.05) is 0 Å². The first-order valence-corrected chi connectivity index (χ1v) is 11.8. The molecule has 0 radical (unpaired) electrons. The summed E-state index contributed by atoms with van der Waals surface area (Å²) >= 11 is 0. The Morgan fingerprint density at radius 1 is 0.667 bits per heavy atom. The fourth-order valence-electron chi connectivity index (χ4n) is 3.13. The molecule has 0 aliphatic heterocycles. The van der Waals surface area contributed by atoms with Crippen molar-refractivity contribution >= 4 is 35.1 Å². The Balaban J connectivity index is 1.66. The van der Waals surface area contributed by atoms with Gasteiger partial charge in [0.15, 0.2) is 34.6 Å². The maximum atomic E-state index is 12.3. The molecule has 0 spiro atoms. The molecule has 3 N–H and O–H groups in total. The lowest BCUT2D eigenvalue weighted by Gasteiger charge is -2.04. The molecule has 194 valence electrons. The van der Waals surface area contributed by atoms with Gasteiger partial charge in [-0.25, -0.2) is 0 Å². The smallest absolute Gasteiger partial charge is 0.287 e. The van der Waals surface area contributed by atoms with Crippen molar-refractivity contribution in [3.05, 3.63) is 47.3 Å². The molecular weight excluding hydrogens is 470 g/mol. The third-order valence-corrected chi connectivity index (χ3v) is 5.22. The number of furan rings is 2. The van der Waals surface area contributed by atoms with E-state index in [1.165, 1.54) is 31.3 Å². The Kier molecular flexibility index (Phi) is 11.3.